The third-order valence-corrected chi connectivity index (χ3v) is 5.24. The fourth-order valence-electron chi connectivity index (χ4n) is 3.56. The lowest BCUT2D eigenvalue weighted by Gasteiger charge is -2.21. The Labute approximate surface area is 123 Å². The van der Waals surface area contributed by atoms with Crippen LogP contribution in [0.4, 0.5) is 0 Å². The largest absolute Gasteiger partial charge is 0.249 e. The highest BCUT2D eigenvalue weighted by Gasteiger charge is 2.35. The number of rotatable bonds is 7. The second kappa shape index (κ2) is 6.24. The van der Waals surface area contributed by atoms with E-state index in [0.717, 1.165) is 30.1 Å². The van der Waals surface area contributed by atoms with E-state index >= 15 is 0 Å². The van der Waals surface area contributed by atoms with E-state index in [4.69, 9.17) is 4.99 Å². The van der Waals surface area contributed by atoms with Gasteiger partial charge in [0.25, 0.3) is 0 Å². The van der Waals surface area contributed by atoms with E-state index in [2.05, 4.69) is 25.1 Å². The van der Waals surface area contributed by atoms with E-state index in [1.165, 1.54) is 50.6 Å². The summed E-state index contributed by atoms with van der Waals surface area (Å²) in [5, 5.41) is 0. The maximum atomic E-state index is 4.71. The van der Waals surface area contributed by atoms with Crippen LogP contribution in [0.1, 0.15) is 65.2 Å². The van der Waals surface area contributed by atoms with E-state index in [0.29, 0.717) is 0 Å². The van der Waals surface area contributed by atoms with Crippen molar-refractivity contribution in [3.63, 3.8) is 0 Å². The van der Waals surface area contributed by atoms with Crippen LogP contribution in [0.25, 0.3) is 0 Å². The maximum absolute atomic E-state index is 4.71. The number of nitrogens with zero attached hydrogens (tertiary/aromatic N) is 2. The third-order valence-electron chi connectivity index (χ3n) is 5.24. The van der Waals surface area contributed by atoms with Crippen molar-refractivity contribution in [3.8, 4) is 0 Å². The fraction of sp³-hybridized carbons (Fsp3) is 0.778. The third kappa shape index (κ3) is 3.59. The molecule has 0 amide bonds. The number of aliphatic imine (C=N–C) groups is 2. The molecule has 110 valence electrons. The summed E-state index contributed by atoms with van der Waals surface area (Å²) in [6, 6.07) is 0. The predicted octanol–water partition coefficient (Wildman–Crippen LogP) is 5.01. The second-order valence-electron chi connectivity index (χ2n) is 7.09. The van der Waals surface area contributed by atoms with Crippen LogP contribution in [0.15, 0.2) is 21.3 Å². The Hall–Kier alpha value is -0.920. The zero-order valence-corrected chi connectivity index (χ0v) is 13.0. The van der Waals surface area contributed by atoms with Crippen molar-refractivity contribution in [1.82, 2.24) is 0 Å². The Balaban J connectivity index is 1.77. The lowest BCUT2D eigenvalue weighted by molar-refractivity contribution is 0.469. The molecule has 0 aromatic carbocycles. The van der Waals surface area contributed by atoms with Gasteiger partial charge in [-0.3, -0.25) is 0 Å². The van der Waals surface area contributed by atoms with Crippen molar-refractivity contribution >= 4 is 12.6 Å². The normalized spacial score (nSPS) is 30.5. The summed E-state index contributed by atoms with van der Waals surface area (Å²) in [7, 11) is 0. The molecule has 1 aliphatic heterocycles. The molecule has 0 aromatic rings. The number of hydrogen-bond donors (Lipinski definition) is 0. The van der Waals surface area contributed by atoms with Gasteiger partial charge in [0.15, 0.2) is 0 Å². The topological polar surface area (TPSA) is 24.7 Å². The van der Waals surface area contributed by atoms with Crippen molar-refractivity contribution < 1.29 is 0 Å². The summed E-state index contributed by atoms with van der Waals surface area (Å²) in [6.45, 7) is 4.69. The quantitative estimate of drug-likeness (QED) is 0.622. The molecule has 20 heavy (non-hydrogen) atoms. The standard InChI is InChI=1S/C18H28N2/c1-3-4-15(10-14-5-6-14)17-7-8-19-12-20-18(17)11-16-9-13(16)2/h8,12-16H,3-7,9-11H2,1-2H3. The highest BCUT2D eigenvalue weighted by molar-refractivity contribution is 5.76. The highest BCUT2D eigenvalue weighted by atomic mass is 14.9. The first-order chi connectivity index (χ1) is 9.78. The Morgan fingerprint density at radius 2 is 2.15 bits per heavy atom. The maximum Gasteiger partial charge on any atom is 0.115 e. The molecule has 0 N–H and O–H groups in total. The zero-order valence-electron chi connectivity index (χ0n) is 13.0. The molecule has 3 aliphatic rings. The lowest BCUT2D eigenvalue weighted by Crippen LogP contribution is -2.09. The first-order valence-corrected chi connectivity index (χ1v) is 8.54. The summed E-state index contributed by atoms with van der Waals surface area (Å²) < 4.78 is 0. The van der Waals surface area contributed by atoms with Crippen LogP contribution in [-0.4, -0.2) is 12.6 Å². The average Bonchev–Trinajstić information content (AvgIpc) is 3.30. The van der Waals surface area contributed by atoms with Gasteiger partial charge in [0.1, 0.15) is 6.34 Å². The Bertz CT molecular complexity index is 429. The lowest BCUT2D eigenvalue weighted by atomic mass is 9.85. The molecule has 2 nitrogen and oxygen atoms in total. The molecule has 0 aromatic heterocycles. The van der Waals surface area contributed by atoms with Gasteiger partial charge in [0.05, 0.1) is 0 Å². The Morgan fingerprint density at radius 1 is 1.35 bits per heavy atom. The van der Waals surface area contributed by atoms with Gasteiger partial charge in [-0.15, -0.1) is 0 Å². The molecule has 2 fully saturated rings. The summed E-state index contributed by atoms with van der Waals surface area (Å²) in [5.41, 5.74) is 3.01. The molecule has 2 aliphatic carbocycles. The minimum Gasteiger partial charge on any atom is -0.249 e. The minimum absolute atomic E-state index is 0.762. The van der Waals surface area contributed by atoms with Gasteiger partial charge in [-0.1, -0.05) is 33.1 Å². The van der Waals surface area contributed by atoms with E-state index in [1.807, 2.05) is 0 Å². The first kappa shape index (κ1) is 14.0. The highest BCUT2D eigenvalue weighted by Crippen LogP contribution is 2.45. The summed E-state index contributed by atoms with van der Waals surface area (Å²) in [4.78, 5) is 9.00. The monoisotopic (exact) mass is 272 g/mol. The SMILES string of the molecule is CCCC(CC1CC1)C1=C(CC2CC2C)N=CN=CC1. The van der Waals surface area contributed by atoms with Crippen LogP contribution in [-0.2, 0) is 0 Å². The first-order valence-electron chi connectivity index (χ1n) is 8.54. The van der Waals surface area contributed by atoms with Gasteiger partial charge in [0.2, 0.25) is 0 Å². The molecule has 1 heterocycles. The van der Waals surface area contributed by atoms with Crippen molar-refractivity contribution in [2.45, 2.75) is 65.2 Å². The van der Waals surface area contributed by atoms with Crippen LogP contribution >= 0.6 is 0 Å². The van der Waals surface area contributed by atoms with E-state index in [-0.39, 0.29) is 0 Å². The molecule has 3 atom stereocenters. The smallest absolute Gasteiger partial charge is 0.115 e. The van der Waals surface area contributed by atoms with Gasteiger partial charge in [-0.25, -0.2) is 9.98 Å². The van der Waals surface area contributed by atoms with Gasteiger partial charge >= 0.3 is 0 Å². The van der Waals surface area contributed by atoms with Crippen LogP contribution in [0, 0.1) is 23.7 Å². The minimum atomic E-state index is 0.762. The molecule has 2 heteroatoms. The molecule has 0 radical (unpaired) electrons. The second-order valence-corrected chi connectivity index (χ2v) is 7.09. The van der Waals surface area contributed by atoms with E-state index < -0.39 is 0 Å². The molecular formula is C18H28N2. The molecule has 3 rings (SSSR count). The molecule has 0 spiro atoms. The molecular weight excluding hydrogens is 244 g/mol. The summed E-state index contributed by atoms with van der Waals surface area (Å²) in [5.74, 6) is 3.57. The van der Waals surface area contributed by atoms with Gasteiger partial charge < -0.3 is 0 Å². The fourth-order valence-corrected chi connectivity index (χ4v) is 3.56. The van der Waals surface area contributed by atoms with Crippen molar-refractivity contribution in [3.05, 3.63) is 11.3 Å². The van der Waals surface area contributed by atoms with Gasteiger partial charge in [-0.2, -0.15) is 0 Å². The van der Waals surface area contributed by atoms with Gasteiger partial charge in [0, 0.05) is 18.3 Å². The average molecular weight is 272 g/mol. The summed E-state index contributed by atoms with van der Waals surface area (Å²) in [6.07, 6.45) is 14.4. The number of hydrogen-bond acceptors (Lipinski definition) is 2. The summed E-state index contributed by atoms with van der Waals surface area (Å²) >= 11 is 0. The van der Waals surface area contributed by atoms with Crippen LogP contribution in [0.3, 0.4) is 0 Å². The Kier molecular flexibility index (Phi) is 4.38. The Morgan fingerprint density at radius 3 is 2.80 bits per heavy atom. The van der Waals surface area contributed by atoms with Crippen molar-refractivity contribution in [2.75, 3.05) is 0 Å². The molecule has 0 saturated heterocycles. The van der Waals surface area contributed by atoms with Gasteiger partial charge in [-0.05, 0) is 54.9 Å². The van der Waals surface area contributed by atoms with Crippen molar-refractivity contribution in [2.24, 2.45) is 33.7 Å². The van der Waals surface area contributed by atoms with Crippen LogP contribution < -0.4 is 0 Å². The molecule has 2 saturated carbocycles. The molecule has 0 bridgehead atoms. The number of allylic oxidation sites excluding steroid dienone is 2. The zero-order chi connectivity index (χ0) is 13.9. The van der Waals surface area contributed by atoms with E-state index in [1.54, 1.807) is 11.9 Å². The van der Waals surface area contributed by atoms with Crippen LogP contribution in [0.2, 0.25) is 0 Å². The van der Waals surface area contributed by atoms with Crippen molar-refractivity contribution in [1.29, 1.82) is 0 Å². The molecule has 3 unspecified atom stereocenters. The van der Waals surface area contributed by atoms with E-state index in [9.17, 15) is 0 Å². The van der Waals surface area contributed by atoms with Crippen LogP contribution in [0.5, 0.6) is 0 Å². The predicted molar refractivity (Wildman–Crippen MR) is 86.3 cm³/mol.